The van der Waals surface area contributed by atoms with E-state index in [-0.39, 0.29) is 5.56 Å². The van der Waals surface area contributed by atoms with Gasteiger partial charge in [-0.3, -0.25) is 0 Å². The van der Waals surface area contributed by atoms with Gasteiger partial charge in [-0.15, -0.1) is 0 Å². The van der Waals surface area contributed by atoms with Gasteiger partial charge in [0.1, 0.15) is 11.9 Å². The fourth-order valence-corrected chi connectivity index (χ4v) is 5.25. The predicted octanol–water partition coefficient (Wildman–Crippen LogP) is 6.61. The fraction of sp³-hybridized carbons (Fsp3) is 0.458. The molecule has 0 amide bonds. The minimum absolute atomic E-state index is 0.110. The van der Waals surface area contributed by atoms with Crippen molar-refractivity contribution in [1.82, 2.24) is 0 Å². The van der Waals surface area contributed by atoms with Gasteiger partial charge in [-0.25, -0.2) is 4.39 Å². The van der Waals surface area contributed by atoms with Crippen LogP contribution in [0.25, 0.3) is 11.1 Å². The second-order valence-corrected chi connectivity index (χ2v) is 8.09. The number of nitriles is 1. The van der Waals surface area contributed by atoms with Gasteiger partial charge in [0.05, 0.1) is 5.56 Å². The maximum atomic E-state index is 14.0. The molecule has 0 unspecified atom stereocenters. The maximum Gasteiger partial charge on any atom is 0.141 e. The molecule has 0 N–H and O–H groups in total. The summed E-state index contributed by atoms with van der Waals surface area (Å²) >= 11 is 0. The lowest BCUT2D eigenvalue weighted by atomic mass is 9.64. The van der Waals surface area contributed by atoms with Crippen LogP contribution < -0.4 is 0 Å². The molecule has 3 atom stereocenters. The number of rotatable bonds is 3. The molecular weight excluding hydrogens is 321 g/mol. The normalized spacial score (nSPS) is 24.4. The van der Waals surface area contributed by atoms with Gasteiger partial charge in [-0.2, -0.15) is 5.26 Å². The topological polar surface area (TPSA) is 23.8 Å². The first kappa shape index (κ1) is 17.3. The first-order chi connectivity index (χ1) is 12.7. The summed E-state index contributed by atoms with van der Waals surface area (Å²) in [5.41, 5.74) is 5.01. The van der Waals surface area contributed by atoms with Crippen LogP contribution in [0.3, 0.4) is 0 Å². The van der Waals surface area contributed by atoms with Crippen molar-refractivity contribution in [2.75, 3.05) is 0 Å². The summed E-state index contributed by atoms with van der Waals surface area (Å²) in [6.07, 6.45) is 9.23. The number of hydrogen-bond donors (Lipinski definition) is 0. The molecule has 4 rings (SSSR count). The molecule has 2 aliphatic carbocycles. The fourth-order valence-electron chi connectivity index (χ4n) is 5.25. The molecule has 134 valence electrons. The smallest absolute Gasteiger partial charge is 0.141 e. The van der Waals surface area contributed by atoms with Gasteiger partial charge in [-0.05, 0) is 84.2 Å². The Balaban J connectivity index is 1.59. The van der Waals surface area contributed by atoms with Crippen LogP contribution in [-0.4, -0.2) is 0 Å². The van der Waals surface area contributed by atoms with Gasteiger partial charge in [0.2, 0.25) is 0 Å². The van der Waals surface area contributed by atoms with E-state index in [0.717, 1.165) is 35.3 Å². The third kappa shape index (κ3) is 3.16. The lowest BCUT2D eigenvalue weighted by Crippen LogP contribution is -2.28. The van der Waals surface area contributed by atoms with E-state index in [2.05, 4.69) is 25.1 Å². The molecule has 0 aliphatic heterocycles. The van der Waals surface area contributed by atoms with Gasteiger partial charge in [0, 0.05) is 0 Å². The Morgan fingerprint density at radius 3 is 2.65 bits per heavy atom. The Labute approximate surface area is 155 Å². The molecule has 1 nitrogen and oxygen atoms in total. The molecule has 0 bridgehead atoms. The van der Waals surface area contributed by atoms with E-state index >= 15 is 0 Å². The van der Waals surface area contributed by atoms with Gasteiger partial charge in [-0.1, -0.05) is 44.0 Å². The van der Waals surface area contributed by atoms with Gasteiger partial charge in [0.15, 0.2) is 0 Å². The molecule has 1 saturated carbocycles. The molecule has 2 aromatic carbocycles. The van der Waals surface area contributed by atoms with E-state index in [1.54, 1.807) is 6.07 Å². The van der Waals surface area contributed by atoms with Gasteiger partial charge in [0.25, 0.3) is 0 Å². The lowest BCUT2D eigenvalue weighted by Gasteiger charge is -2.40. The van der Waals surface area contributed by atoms with E-state index < -0.39 is 5.82 Å². The molecule has 2 aliphatic rings. The summed E-state index contributed by atoms with van der Waals surface area (Å²) < 4.78 is 14.0. The van der Waals surface area contributed by atoms with Crippen molar-refractivity contribution in [2.45, 2.75) is 57.8 Å². The first-order valence-corrected chi connectivity index (χ1v) is 10.0. The van der Waals surface area contributed by atoms with Crippen molar-refractivity contribution >= 4 is 0 Å². The van der Waals surface area contributed by atoms with Crippen LogP contribution in [0, 0.1) is 29.0 Å². The number of halogens is 1. The number of nitrogens with zero attached hydrogens (tertiary/aromatic N) is 1. The number of hydrogen-bond acceptors (Lipinski definition) is 1. The Hall–Kier alpha value is -2.14. The molecule has 2 heteroatoms. The number of aryl methyl sites for hydroxylation is 1. The number of benzene rings is 2. The standard InChI is InChI=1S/C24H26FN/c1-2-3-16-4-10-22-19(12-16)6-7-20-13-17(9-11-23(20)22)18-5-8-21(15-26)24(25)14-18/h5,8-9,11,13-14,16,19,22H,2-4,6-7,10,12H2,1H3/t16-,19+,22+/m1/s1. The van der Waals surface area contributed by atoms with Crippen molar-refractivity contribution in [3.63, 3.8) is 0 Å². The monoisotopic (exact) mass is 347 g/mol. The molecular formula is C24H26FN. The van der Waals surface area contributed by atoms with Crippen molar-refractivity contribution in [1.29, 1.82) is 5.26 Å². The molecule has 0 spiro atoms. The van der Waals surface area contributed by atoms with Crippen molar-refractivity contribution < 1.29 is 4.39 Å². The van der Waals surface area contributed by atoms with Crippen LogP contribution in [0.5, 0.6) is 0 Å². The van der Waals surface area contributed by atoms with E-state index in [0.29, 0.717) is 0 Å². The third-order valence-electron chi connectivity index (χ3n) is 6.54. The zero-order chi connectivity index (χ0) is 18.1. The van der Waals surface area contributed by atoms with Crippen molar-refractivity contribution in [3.8, 4) is 17.2 Å². The average Bonchev–Trinajstić information content (AvgIpc) is 2.67. The van der Waals surface area contributed by atoms with Gasteiger partial charge >= 0.3 is 0 Å². The second kappa shape index (κ2) is 7.23. The van der Waals surface area contributed by atoms with E-state index in [4.69, 9.17) is 5.26 Å². The molecule has 1 fully saturated rings. The third-order valence-corrected chi connectivity index (χ3v) is 6.54. The molecule has 0 saturated heterocycles. The highest BCUT2D eigenvalue weighted by atomic mass is 19.1. The molecule has 0 heterocycles. The minimum Gasteiger partial charge on any atom is -0.206 e. The largest absolute Gasteiger partial charge is 0.206 e. The molecule has 26 heavy (non-hydrogen) atoms. The van der Waals surface area contributed by atoms with Crippen LogP contribution in [0.1, 0.15) is 68.1 Å². The van der Waals surface area contributed by atoms with Crippen LogP contribution in [0.4, 0.5) is 4.39 Å². The van der Waals surface area contributed by atoms with Crippen LogP contribution >= 0.6 is 0 Å². The lowest BCUT2D eigenvalue weighted by molar-refractivity contribution is 0.201. The average molecular weight is 347 g/mol. The van der Waals surface area contributed by atoms with Crippen molar-refractivity contribution in [3.05, 3.63) is 58.9 Å². The Kier molecular flexibility index (Phi) is 4.81. The zero-order valence-corrected chi connectivity index (χ0v) is 15.5. The highest BCUT2D eigenvalue weighted by molar-refractivity contribution is 5.66. The van der Waals surface area contributed by atoms with E-state index in [1.807, 2.05) is 12.1 Å². The quantitative estimate of drug-likeness (QED) is 0.613. The van der Waals surface area contributed by atoms with Crippen molar-refractivity contribution in [2.24, 2.45) is 11.8 Å². The highest BCUT2D eigenvalue weighted by Gasteiger charge is 2.34. The summed E-state index contributed by atoms with van der Waals surface area (Å²) in [6, 6.07) is 13.5. The zero-order valence-electron chi connectivity index (χ0n) is 15.5. The van der Waals surface area contributed by atoms with E-state index in [1.165, 1.54) is 55.7 Å². The Morgan fingerprint density at radius 2 is 1.88 bits per heavy atom. The number of fused-ring (bicyclic) bond motifs is 3. The summed E-state index contributed by atoms with van der Waals surface area (Å²) in [5.74, 6) is 2.07. The summed E-state index contributed by atoms with van der Waals surface area (Å²) in [4.78, 5) is 0. The summed E-state index contributed by atoms with van der Waals surface area (Å²) in [5, 5.41) is 8.91. The minimum atomic E-state index is -0.433. The van der Waals surface area contributed by atoms with Crippen LogP contribution in [0.15, 0.2) is 36.4 Å². The summed E-state index contributed by atoms with van der Waals surface area (Å²) in [7, 11) is 0. The highest BCUT2D eigenvalue weighted by Crippen LogP contribution is 2.48. The molecule has 2 aromatic rings. The predicted molar refractivity (Wildman–Crippen MR) is 103 cm³/mol. The van der Waals surface area contributed by atoms with E-state index in [9.17, 15) is 4.39 Å². The summed E-state index contributed by atoms with van der Waals surface area (Å²) in [6.45, 7) is 2.30. The molecule has 0 aromatic heterocycles. The maximum absolute atomic E-state index is 14.0. The van der Waals surface area contributed by atoms with Gasteiger partial charge < -0.3 is 0 Å². The van der Waals surface area contributed by atoms with Crippen LogP contribution in [-0.2, 0) is 6.42 Å². The van der Waals surface area contributed by atoms with Crippen LogP contribution in [0.2, 0.25) is 0 Å². The molecule has 0 radical (unpaired) electrons. The Bertz CT molecular complexity index is 848. The second-order valence-electron chi connectivity index (χ2n) is 8.09. The SMILES string of the molecule is CCC[C@@H]1CC[C@@H]2c3ccc(-c4ccc(C#N)c(F)c4)cc3CC[C@H]2C1. The first-order valence-electron chi connectivity index (χ1n) is 10.0. The Morgan fingerprint density at radius 1 is 1.08 bits per heavy atom.